The summed E-state index contributed by atoms with van der Waals surface area (Å²) in [5, 5.41) is 3.59. The largest absolute Gasteiger partial charge is 0.363 e. The average Bonchev–Trinajstić information content (AvgIpc) is 2.50. The lowest BCUT2D eigenvalue weighted by atomic mass is 10.1. The molecule has 0 aromatic heterocycles. The van der Waals surface area contributed by atoms with E-state index in [9.17, 15) is 0 Å². The quantitative estimate of drug-likeness (QED) is 0.261. The van der Waals surface area contributed by atoms with Gasteiger partial charge >= 0.3 is 0 Å². The van der Waals surface area contributed by atoms with Crippen molar-refractivity contribution >= 4 is 0 Å². The van der Waals surface area contributed by atoms with Crippen LogP contribution in [0.3, 0.4) is 0 Å². The van der Waals surface area contributed by atoms with Gasteiger partial charge in [0, 0.05) is 6.61 Å². The van der Waals surface area contributed by atoms with E-state index in [0.29, 0.717) is 6.23 Å². The molecule has 21 heavy (non-hydrogen) atoms. The van der Waals surface area contributed by atoms with Crippen molar-refractivity contribution in [3.8, 4) is 0 Å². The highest BCUT2D eigenvalue weighted by atomic mass is 16.5. The highest BCUT2D eigenvalue weighted by Gasteiger charge is 2.07. The molecule has 1 unspecified atom stereocenters. The molecule has 0 amide bonds. The smallest absolute Gasteiger partial charge is 0.108 e. The van der Waals surface area contributed by atoms with Crippen molar-refractivity contribution < 1.29 is 4.74 Å². The van der Waals surface area contributed by atoms with Gasteiger partial charge in [0.05, 0.1) is 0 Å². The van der Waals surface area contributed by atoms with E-state index in [2.05, 4.69) is 26.1 Å². The van der Waals surface area contributed by atoms with Crippen LogP contribution in [0.15, 0.2) is 0 Å². The van der Waals surface area contributed by atoms with E-state index < -0.39 is 0 Å². The molecule has 0 radical (unpaired) electrons. The van der Waals surface area contributed by atoms with Crippen LogP contribution >= 0.6 is 0 Å². The summed E-state index contributed by atoms with van der Waals surface area (Å²) in [6, 6.07) is 0. The van der Waals surface area contributed by atoms with Crippen LogP contribution in [-0.2, 0) is 4.74 Å². The van der Waals surface area contributed by atoms with Crippen LogP contribution in [0.5, 0.6) is 0 Å². The van der Waals surface area contributed by atoms with Crippen molar-refractivity contribution in [2.24, 2.45) is 0 Å². The topological polar surface area (TPSA) is 21.3 Å². The summed E-state index contributed by atoms with van der Waals surface area (Å²) in [5.41, 5.74) is 0. The van der Waals surface area contributed by atoms with Gasteiger partial charge in [-0.1, -0.05) is 78.6 Å². The fraction of sp³-hybridized carbons (Fsp3) is 1.00. The van der Waals surface area contributed by atoms with Crippen LogP contribution in [0.25, 0.3) is 0 Å². The SMILES string of the molecule is CCCCCCCCCC(NCCCC)OCCCCC. The van der Waals surface area contributed by atoms with E-state index in [1.165, 1.54) is 83.5 Å². The molecule has 0 spiro atoms. The van der Waals surface area contributed by atoms with Crippen molar-refractivity contribution in [3.05, 3.63) is 0 Å². The molecule has 0 aromatic carbocycles. The van der Waals surface area contributed by atoms with Crippen LogP contribution in [0.2, 0.25) is 0 Å². The third kappa shape index (κ3) is 16.1. The van der Waals surface area contributed by atoms with Gasteiger partial charge in [-0.2, -0.15) is 0 Å². The molecule has 1 N–H and O–H groups in total. The molecule has 0 saturated heterocycles. The van der Waals surface area contributed by atoms with Gasteiger partial charge in [0.15, 0.2) is 0 Å². The molecule has 0 aliphatic heterocycles. The van der Waals surface area contributed by atoms with Gasteiger partial charge in [0.2, 0.25) is 0 Å². The Morgan fingerprint density at radius 1 is 0.667 bits per heavy atom. The molecule has 0 aliphatic rings. The van der Waals surface area contributed by atoms with Crippen molar-refractivity contribution in [1.82, 2.24) is 5.32 Å². The van der Waals surface area contributed by atoms with Gasteiger partial charge in [-0.05, 0) is 32.2 Å². The first-order chi connectivity index (χ1) is 10.3. The summed E-state index contributed by atoms with van der Waals surface area (Å²) in [6.45, 7) is 8.80. The van der Waals surface area contributed by atoms with E-state index >= 15 is 0 Å². The second-order valence-corrected chi connectivity index (χ2v) is 6.28. The predicted octanol–water partition coefficient (Wildman–Crippen LogP) is 6.05. The highest BCUT2D eigenvalue weighted by molar-refractivity contribution is 4.58. The molecule has 0 heterocycles. The molecule has 1 atom stereocenters. The zero-order chi connectivity index (χ0) is 15.6. The molecular formula is C19H41NO. The van der Waals surface area contributed by atoms with Crippen molar-refractivity contribution in [1.29, 1.82) is 0 Å². The second kappa shape index (κ2) is 18.0. The van der Waals surface area contributed by atoms with E-state index in [-0.39, 0.29) is 0 Å². The van der Waals surface area contributed by atoms with Crippen LogP contribution in [0.1, 0.15) is 104 Å². The van der Waals surface area contributed by atoms with Gasteiger partial charge in [0.25, 0.3) is 0 Å². The molecule has 0 fully saturated rings. The Bertz CT molecular complexity index is 184. The van der Waals surface area contributed by atoms with Crippen molar-refractivity contribution in [3.63, 3.8) is 0 Å². The lowest BCUT2D eigenvalue weighted by molar-refractivity contribution is 0.0202. The van der Waals surface area contributed by atoms with Crippen LogP contribution in [0.4, 0.5) is 0 Å². The summed E-state index contributed by atoms with van der Waals surface area (Å²) in [6.07, 6.45) is 17.4. The third-order valence-electron chi connectivity index (χ3n) is 4.04. The van der Waals surface area contributed by atoms with E-state index in [0.717, 1.165) is 13.2 Å². The number of hydrogen-bond donors (Lipinski definition) is 1. The number of nitrogens with one attached hydrogen (secondary N) is 1. The van der Waals surface area contributed by atoms with Gasteiger partial charge in [0.1, 0.15) is 6.23 Å². The minimum atomic E-state index is 0.295. The molecule has 0 rings (SSSR count). The maximum absolute atomic E-state index is 6.02. The normalized spacial score (nSPS) is 12.7. The third-order valence-corrected chi connectivity index (χ3v) is 4.04. The first-order valence-corrected chi connectivity index (χ1v) is 9.70. The van der Waals surface area contributed by atoms with Gasteiger partial charge in [-0.15, -0.1) is 0 Å². The Hall–Kier alpha value is -0.0800. The fourth-order valence-corrected chi connectivity index (χ4v) is 2.55. The first-order valence-electron chi connectivity index (χ1n) is 9.70. The molecule has 2 heteroatoms. The average molecular weight is 300 g/mol. The lowest BCUT2D eigenvalue weighted by Crippen LogP contribution is -2.33. The molecule has 128 valence electrons. The van der Waals surface area contributed by atoms with Crippen LogP contribution < -0.4 is 5.32 Å². The van der Waals surface area contributed by atoms with Crippen molar-refractivity contribution in [2.45, 2.75) is 110 Å². The Morgan fingerprint density at radius 3 is 1.90 bits per heavy atom. The summed E-state index contributed by atoms with van der Waals surface area (Å²) in [7, 11) is 0. The second-order valence-electron chi connectivity index (χ2n) is 6.28. The van der Waals surface area contributed by atoms with Crippen LogP contribution in [-0.4, -0.2) is 19.4 Å². The monoisotopic (exact) mass is 299 g/mol. The summed E-state index contributed by atoms with van der Waals surface area (Å²) in [4.78, 5) is 0. The van der Waals surface area contributed by atoms with Gasteiger partial charge in [-0.3, -0.25) is 5.32 Å². The Morgan fingerprint density at radius 2 is 1.24 bits per heavy atom. The molecule has 0 bridgehead atoms. The zero-order valence-electron chi connectivity index (χ0n) is 15.1. The van der Waals surface area contributed by atoms with Crippen molar-refractivity contribution in [2.75, 3.05) is 13.2 Å². The number of ether oxygens (including phenoxy) is 1. The van der Waals surface area contributed by atoms with E-state index in [1.807, 2.05) is 0 Å². The molecular weight excluding hydrogens is 258 g/mol. The summed E-state index contributed by atoms with van der Waals surface area (Å²) >= 11 is 0. The molecule has 0 saturated carbocycles. The molecule has 0 aromatic rings. The standard InChI is InChI=1S/C19H41NO/c1-4-7-10-11-12-13-14-16-19(20-17-9-6-3)21-18-15-8-5-2/h19-20H,4-18H2,1-3H3. The fourth-order valence-electron chi connectivity index (χ4n) is 2.55. The van der Waals surface area contributed by atoms with Gasteiger partial charge < -0.3 is 4.74 Å². The highest BCUT2D eigenvalue weighted by Crippen LogP contribution is 2.11. The summed E-state index contributed by atoms with van der Waals surface area (Å²) < 4.78 is 6.02. The number of hydrogen-bond acceptors (Lipinski definition) is 2. The summed E-state index contributed by atoms with van der Waals surface area (Å²) in [5.74, 6) is 0. The van der Waals surface area contributed by atoms with E-state index in [4.69, 9.17) is 4.74 Å². The van der Waals surface area contributed by atoms with E-state index in [1.54, 1.807) is 0 Å². The number of unbranched alkanes of at least 4 members (excludes halogenated alkanes) is 9. The maximum Gasteiger partial charge on any atom is 0.108 e. The molecule has 0 aliphatic carbocycles. The lowest BCUT2D eigenvalue weighted by Gasteiger charge is -2.19. The minimum absolute atomic E-state index is 0.295. The molecule has 2 nitrogen and oxygen atoms in total. The Labute approximate surface area is 134 Å². The Balaban J connectivity index is 3.61. The van der Waals surface area contributed by atoms with Gasteiger partial charge in [-0.25, -0.2) is 0 Å². The minimum Gasteiger partial charge on any atom is -0.363 e. The zero-order valence-corrected chi connectivity index (χ0v) is 15.1. The predicted molar refractivity (Wildman–Crippen MR) is 94.8 cm³/mol. The van der Waals surface area contributed by atoms with Crippen LogP contribution in [0, 0.1) is 0 Å². The first kappa shape index (κ1) is 20.9. The maximum atomic E-state index is 6.02. The number of rotatable bonds is 17. The Kier molecular flexibility index (Phi) is 17.9.